The zero-order valence-corrected chi connectivity index (χ0v) is 17.0. The molecule has 0 aliphatic heterocycles. The van der Waals surface area contributed by atoms with Crippen molar-refractivity contribution in [2.24, 2.45) is 11.1 Å². The van der Waals surface area contributed by atoms with Crippen molar-refractivity contribution in [1.29, 1.82) is 0 Å². The number of hydrogen-bond acceptors (Lipinski definition) is 4. The van der Waals surface area contributed by atoms with Crippen LogP contribution in [0.5, 0.6) is 0 Å². The summed E-state index contributed by atoms with van der Waals surface area (Å²) in [6.45, 7) is 5.66. The van der Waals surface area contributed by atoms with Crippen molar-refractivity contribution in [3.8, 4) is 0 Å². The maximum Gasteiger partial charge on any atom is 0.243 e. The van der Waals surface area contributed by atoms with Crippen LogP contribution in [-0.4, -0.2) is 37.8 Å². The second-order valence-corrected chi connectivity index (χ2v) is 10.2. The third kappa shape index (κ3) is 4.84. The largest absolute Gasteiger partial charge is 0.325 e. The summed E-state index contributed by atoms with van der Waals surface area (Å²) < 4.78 is 27.4. The predicted molar refractivity (Wildman–Crippen MR) is 104 cm³/mol. The summed E-state index contributed by atoms with van der Waals surface area (Å²) in [6.07, 6.45) is 5.08. The topological polar surface area (TPSA) is 92.5 Å². The average Bonchev–Trinajstić information content (AvgIpc) is 2.60. The Morgan fingerprint density at radius 1 is 1.23 bits per heavy atom. The van der Waals surface area contributed by atoms with Gasteiger partial charge in [0, 0.05) is 18.8 Å². The highest BCUT2D eigenvalue weighted by atomic mass is 32.2. The van der Waals surface area contributed by atoms with Gasteiger partial charge < -0.3 is 11.1 Å². The molecule has 1 aromatic rings. The number of benzene rings is 1. The maximum atomic E-state index is 13.0. The molecule has 1 fully saturated rings. The summed E-state index contributed by atoms with van der Waals surface area (Å²) in [7, 11) is -1.95. The molecule has 7 heteroatoms. The minimum atomic E-state index is -3.59. The Bertz CT molecular complexity index is 735. The number of nitrogens with zero attached hydrogens (tertiary/aromatic N) is 1. The Labute approximate surface area is 157 Å². The number of sulfonamides is 1. The zero-order valence-electron chi connectivity index (χ0n) is 16.2. The fraction of sp³-hybridized carbons (Fsp3) is 0.632. The van der Waals surface area contributed by atoms with Gasteiger partial charge >= 0.3 is 0 Å². The van der Waals surface area contributed by atoms with Crippen LogP contribution in [0.25, 0.3) is 0 Å². The number of rotatable bonds is 5. The van der Waals surface area contributed by atoms with Crippen LogP contribution in [-0.2, 0) is 14.8 Å². The number of nitrogens with one attached hydrogen (secondary N) is 1. The van der Waals surface area contributed by atoms with Crippen molar-refractivity contribution in [3.63, 3.8) is 0 Å². The van der Waals surface area contributed by atoms with Crippen molar-refractivity contribution in [1.82, 2.24) is 4.31 Å². The van der Waals surface area contributed by atoms with Crippen LogP contribution in [0, 0.1) is 5.41 Å². The quantitative estimate of drug-likeness (QED) is 0.820. The standard InChI is InChI=1S/C19H31N3O3S/c1-19(2,3)17(20)18(23)21-14-9-8-12-16(13-14)26(24,25)22(4)15-10-6-5-7-11-15/h8-9,12-13,15,17H,5-7,10-11,20H2,1-4H3,(H,21,23)/t17-/m1/s1. The molecule has 1 aliphatic carbocycles. The number of hydrogen-bond donors (Lipinski definition) is 2. The van der Waals surface area contributed by atoms with Crippen molar-refractivity contribution >= 4 is 21.6 Å². The summed E-state index contributed by atoms with van der Waals surface area (Å²) >= 11 is 0. The number of anilines is 1. The summed E-state index contributed by atoms with van der Waals surface area (Å²) in [4.78, 5) is 12.5. The Kier molecular flexibility index (Phi) is 6.47. The number of amides is 1. The van der Waals surface area contributed by atoms with E-state index in [-0.39, 0.29) is 22.3 Å². The summed E-state index contributed by atoms with van der Waals surface area (Å²) in [5, 5.41) is 2.73. The summed E-state index contributed by atoms with van der Waals surface area (Å²) in [6, 6.07) is 5.73. The highest BCUT2D eigenvalue weighted by Gasteiger charge is 2.30. The summed E-state index contributed by atoms with van der Waals surface area (Å²) in [5.41, 5.74) is 6.03. The molecule has 0 spiro atoms. The van der Waals surface area contributed by atoms with Crippen LogP contribution >= 0.6 is 0 Å². The van der Waals surface area contributed by atoms with Gasteiger partial charge in [0.1, 0.15) is 0 Å². The second kappa shape index (κ2) is 8.06. The van der Waals surface area contributed by atoms with Crippen molar-refractivity contribution in [2.75, 3.05) is 12.4 Å². The fourth-order valence-electron chi connectivity index (χ4n) is 3.15. The molecule has 6 nitrogen and oxygen atoms in total. The van der Waals surface area contributed by atoms with Gasteiger partial charge in [0.05, 0.1) is 10.9 Å². The van der Waals surface area contributed by atoms with Crippen molar-refractivity contribution in [3.05, 3.63) is 24.3 Å². The van der Waals surface area contributed by atoms with Crippen LogP contribution in [0.2, 0.25) is 0 Å². The second-order valence-electron chi connectivity index (χ2n) is 8.17. The van der Waals surface area contributed by atoms with E-state index in [0.29, 0.717) is 5.69 Å². The van der Waals surface area contributed by atoms with E-state index in [1.54, 1.807) is 25.2 Å². The van der Waals surface area contributed by atoms with Gasteiger partial charge in [0.15, 0.2) is 0 Å². The highest BCUT2D eigenvalue weighted by Crippen LogP contribution is 2.27. The Balaban J connectivity index is 2.18. The molecule has 1 atom stereocenters. The van der Waals surface area contributed by atoms with Gasteiger partial charge in [-0.3, -0.25) is 4.79 Å². The lowest BCUT2D eigenvalue weighted by Gasteiger charge is -2.30. The molecule has 3 N–H and O–H groups in total. The first-order valence-electron chi connectivity index (χ1n) is 9.18. The van der Waals surface area contributed by atoms with E-state index < -0.39 is 16.1 Å². The maximum absolute atomic E-state index is 13.0. The van der Waals surface area contributed by atoms with Gasteiger partial charge in [-0.15, -0.1) is 0 Å². The SMILES string of the molecule is CN(C1CCCCC1)S(=O)(=O)c1cccc(NC(=O)[C@@H](N)C(C)(C)C)c1. The molecule has 0 bridgehead atoms. The lowest BCUT2D eigenvalue weighted by atomic mass is 9.87. The van der Waals surface area contributed by atoms with Crippen LogP contribution in [0.15, 0.2) is 29.2 Å². The van der Waals surface area contributed by atoms with E-state index in [1.165, 1.54) is 16.8 Å². The molecule has 1 saturated carbocycles. The molecule has 0 unspecified atom stereocenters. The Morgan fingerprint density at radius 3 is 2.42 bits per heavy atom. The molecule has 0 saturated heterocycles. The first-order chi connectivity index (χ1) is 12.0. The van der Waals surface area contributed by atoms with E-state index in [2.05, 4.69) is 5.32 Å². The van der Waals surface area contributed by atoms with Crippen LogP contribution in [0.3, 0.4) is 0 Å². The van der Waals surface area contributed by atoms with E-state index >= 15 is 0 Å². The number of carbonyl (C=O) groups is 1. The number of nitrogens with two attached hydrogens (primary N) is 1. The van der Waals surface area contributed by atoms with Crippen LogP contribution < -0.4 is 11.1 Å². The predicted octanol–water partition coefficient (Wildman–Crippen LogP) is 2.95. The first kappa shape index (κ1) is 20.9. The van der Waals surface area contributed by atoms with E-state index in [4.69, 9.17) is 5.73 Å². The lowest BCUT2D eigenvalue weighted by Crippen LogP contribution is -2.45. The minimum Gasteiger partial charge on any atom is -0.325 e. The lowest BCUT2D eigenvalue weighted by molar-refractivity contribution is -0.119. The van der Waals surface area contributed by atoms with E-state index in [1.807, 2.05) is 20.8 Å². The zero-order chi connectivity index (χ0) is 19.5. The van der Waals surface area contributed by atoms with Gasteiger partial charge in [-0.1, -0.05) is 46.1 Å². The van der Waals surface area contributed by atoms with Crippen LogP contribution in [0.4, 0.5) is 5.69 Å². The Morgan fingerprint density at radius 2 is 1.85 bits per heavy atom. The van der Waals surface area contributed by atoms with Gasteiger partial charge in [0.25, 0.3) is 0 Å². The third-order valence-electron chi connectivity index (χ3n) is 5.08. The van der Waals surface area contributed by atoms with Gasteiger partial charge in [-0.2, -0.15) is 4.31 Å². The highest BCUT2D eigenvalue weighted by molar-refractivity contribution is 7.89. The smallest absolute Gasteiger partial charge is 0.243 e. The minimum absolute atomic E-state index is 0.0429. The fourth-order valence-corrected chi connectivity index (χ4v) is 4.62. The molecule has 2 rings (SSSR count). The monoisotopic (exact) mass is 381 g/mol. The van der Waals surface area contributed by atoms with E-state index in [9.17, 15) is 13.2 Å². The van der Waals surface area contributed by atoms with Crippen molar-refractivity contribution in [2.45, 2.75) is 69.9 Å². The molecule has 146 valence electrons. The molecular formula is C19H31N3O3S. The van der Waals surface area contributed by atoms with Gasteiger partial charge in [-0.25, -0.2) is 8.42 Å². The molecule has 0 heterocycles. The Hall–Kier alpha value is -1.44. The van der Waals surface area contributed by atoms with Gasteiger partial charge in [0.2, 0.25) is 15.9 Å². The van der Waals surface area contributed by atoms with Crippen molar-refractivity contribution < 1.29 is 13.2 Å². The molecule has 0 aromatic heterocycles. The van der Waals surface area contributed by atoms with E-state index in [0.717, 1.165) is 25.7 Å². The van der Waals surface area contributed by atoms with Gasteiger partial charge in [-0.05, 0) is 36.5 Å². The van der Waals surface area contributed by atoms with Crippen LogP contribution in [0.1, 0.15) is 52.9 Å². The summed E-state index contributed by atoms with van der Waals surface area (Å²) in [5.74, 6) is -0.326. The molecule has 1 aromatic carbocycles. The third-order valence-corrected chi connectivity index (χ3v) is 6.99. The molecule has 1 amide bonds. The normalized spacial score (nSPS) is 17.9. The first-order valence-corrected chi connectivity index (χ1v) is 10.6. The molecule has 26 heavy (non-hydrogen) atoms. The molecular weight excluding hydrogens is 350 g/mol. The molecule has 1 aliphatic rings. The number of carbonyl (C=O) groups excluding carboxylic acids is 1. The molecule has 0 radical (unpaired) electrons. The average molecular weight is 382 g/mol.